The summed E-state index contributed by atoms with van der Waals surface area (Å²) >= 11 is 0. The highest BCUT2D eigenvalue weighted by Gasteiger charge is 2.44. The van der Waals surface area contributed by atoms with Gasteiger partial charge in [-0.05, 0) is 42.4 Å². The van der Waals surface area contributed by atoms with Gasteiger partial charge < -0.3 is 9.84 Å². The molecule has 0 radical (unpaired) electrons. The number of benzene rings is 1. The lowest BCUT2D eigenvalue weighted by molar-refractivity contribution is -0.142. The monoisotopic (exact) mass is 234 g/mol. The number of aromatic hydroxyl groups is 1. The highest BCUT2D eigenvalue weighted by molar-refractivity contribution is 5.75. The Kier molecular flexibility index (Phi) is 3.36. The molecule has 0 heterocycles. The van der Waals surface area contributed by atoms with Crippen LogP contribution in [0.25, 0.3) is 0 Å². The highest BCUT2D eigenvalue weighted by Crippen LogP contribution is 2.45. The van der Waals surface area contributed by atoms with Crippen molar-refractivity contribution in [3.05, 3.63) is 29.8 Å². The topological polar surface area (TPSA) is 46.5 Å². The van der Waals surface area contributed by atoms with Gasteiger partial charge in [-0.15, -0.1) is 0 Å². The molecule has 0 aromatic heterocycles. The van der Waals surface area contributed by atoms with E-state index in [9.17, 15) is 9.90 Å². The normalized spacial score (nSPS) is 24.1. The summed E-state index contributed by atoms with van der Waals surface area (Å²) in [7, 11) is 1.45. The standard InChI is InChI=1S/C14H18O3/c1-9(10-3-5-12(15)6-4-10)7-11-8-13(11)14(16)17-2/h3-6,9,11,13,15H,7-8H2,1-2H3. The summed E-state index contributed by atoms with van der Waals surface area (Å²) in [4.78, 5) is 11.3. The molecule has 3 heteroatoms. The first-order valence-electron chi connectivity index (χ1n) is 5.98. The van der Waals surface area contributed by atoms with Crippen LogP contribution >= 0.6 is 0 Å². The van der Waals surface area contributed by atoms with E-state index in [2.05, 4.69) is 6.92 Å². The average Bonchev–Trinajstić information content (AvgIpc) is 3.08. The van der Waals surface area contributed by atoms with E-state index in [1.165, 1.54) is 12.7 Å². The minimum atomic E-state index is -0.0760. The molecule has 3 atom stereocenters. The Morgan fingerprint density at radius 2 is 2.12 bits per heavy atom. The molecule has 1 N–H and O–H groups in total. The van der Waals surface area contributed by atoms with E-state index in [0.717, 1.165) is 12.8 Å². The number of rotatable bonds is 4. The van der Waals surface area contributed by atoms with E-state index in [0.29, 0.717) is 17.6 Å². The van der Waals surface area contributed by atoms with Crippen molar-refractivity contribution in [1.29, 1.82) is 0 Å². The van der Waals surface area contributed by atoms with Gasteiger partial charge in [0.25, 0.3) is 0 Å². The maximum Gasteiger partial charge on any atom is 0.308 e. The fourth-order valence-corrected chi connectivity index (χ4v) is 2.34. The zero-order valence-corrected chi connectivity index (χ0v) is 10.2. The Hall–Kier alpha value is -1.51. The van der Waals surface area contributed by atoms with Gasteiger partial charge >= 0.3 is 5.97 Å². The molecule has 92 valence electrons. The number of hydrogen-bond donors (Lipinski definition) is 1. The zero-order chi connectivity index (χ0) is 12.4. The molecule has 0 bridgehead atoms. The molecular weight excluding hydrogens is 216 g/mol. The average molecular weight is 234 g/mol. The minimum absolute atomic E-state index is 0.0760. The number of esters is 1. The smallest absolute Gasteiger partial charge is 0.308 e. The van der Waals surface area contributed by atoms with Crippen molar-refractivity contribution in [1.82, 2.24) is 0 Å². The van der Waals surface area contributed by atoms with Crippen LogP contribution < -0.4 is 0 Å². The van der Waals surface area contributed by atoms with E-state index in [1.807, 2.05) is 12.1 Å². The van der Waals surface area contributed by atoms with Gasteiger partial charge in [0, 0.05) is 0 Å². The van der Waals surface area contributed by atoms with Crippen LogP contribution in [0.3, 0.4) is 0 Å². The number of phenols is 1. The van der Waals surface area contributed by atoms with Crippen molar-refractivity contribution in [2.24, 2.45) is 11.8 Å². The maximum absolute atomic E-state index is 11.3. The molecule has 2 rings (SSSR count). The zero-order valence-electron chi connectivity index (χ0n) is 10.2. The van der Waals surface area contributed by atoms with E-state index in [1.54, 1.807) is 12.1 Å². The third-order valence-corrected chi connectivity index (χ3v) is 3.54. The van der Waals surface area contributed by atoms with Crippen LogP contribution in [-0.2, 0) is 9.53 Å². The highest BCUT2D eigenvalue weighted by atomic mass is 16.5. The summed E-state index contributed by atoms with van der Waals surface area (Å²) in [6.45, 7) is 2.15. The lowest BCUT2D eigenvalue weighted by Gasteiger charge is -2.11. The molecule has 0 amide bonds. The Bertz CT molecular complexity index is 396. The second-order valence-corrected chi connectivity index (χ2v) is 4.85. The van der Waals surface area contributed by atoms with Crippen LogP contribution in [0.2, 0.25) is 0 Å². The molecule has 0 aliphatic heterocycles. The molecule has 0 spiro atoms. The number of hydrogen-bond acceptors (Lipinski definition) is 3. The molecule has 1 fully saturated rings. The molecule has 1 aliphatic carbocycles. The molecule has 3 unspecified atom stereocenters. The van der Waals surface area contributed by atoms with E-state index in [4.69, 9.17) is 4.74 Å². The van der Waals surface area contributed by atoms with Crippen LogP contribution in [0.1, 0.15) is 31.2 Å². The summed E-state index contributed by atoms with van der Waals surface area (Å²) < 4.78 is 4.74. The summed E-state index contributed by atoms with van der Waals surface area (Å²) in [5.41, 5.74) is 1.21. The molecule has 1 aromatic rings. The first-order chi connectivity index (χ1) is 8.11. The molecule has 0 saturated heterocycles. The van der Waals surface area contributed by atoms with Crippen molar-refractivity contribution in [2.75, 3.05) is 7.11 Å². The third kappa shape index (κ3) is 2.78. The van der Waals surface area contributed by atoms with Gasteiger partial charge in [-0.2, -0.15) is 0 Å². The van der Waals surface area contributed by atoms with Gasteiger partial charge in [0.05, 0.1) is 13.0 Å². The summed E-state index contributed by atoms with van der Waals surface area (Å²) in [5, 5.41) is 9.22. The molecule has 17 heavy (non-hydrogen) atoms. The van der Waals surface area contributed by atoms with Crippen LogP contribution in [0, 0.1) is 11.8 Å². The molecule has 1 saturated carbocycles. The maximum atomic E-state index is 11.3. The van der Waals surface area contributed by atoms with Gasteiger partial charge in [-0.3, -0.25) is 4.79 Å². The lowest BCUT2D eigenvalue weighted by Crippen LogP contribution is -2.05. The van der Waals surface area contributed by atoms with E-state index in [-0.39, 0.29) is 11.9 Å². The quantitative estimate of drug-likeness (QED) is 0.815. The van der Waals surface area contributed by atoms with Crippen LogP contribution in [0.5, 0.6) is 5.75 Å². The van der Waals surface area contributed by atoms with Crippen molar-refractivity contribution in [2.45, 2.75) is 25.7 Å². The molecular formula is C14H18O3. The Balaban J connectivity index is 1.88. The number of carbonyl (C=O) groups is 1. The van der Waals surface area contributed by atoms with E-state index >= 15 is 0 Å². The number of methoxy groups -OCH3 is 1. The van der Waals surface area contributed by atoms with Gasteiger partial charge in [0.1, 0.15) is 5.75 Å². The summed E-state index contributed by atoms with van der Waals surface area (Å²) in [6, 6.07) is 7.29. The van der Waals surface area contributed by atoms with Crippen LogP contribution in [-0.4, -0.2) is 18.2 Å². The Morgan fingerprint density at radius 1 is 1.47 bits per heavy atom. The van der Waals surface area contributed by atoms with Crippen molar-refractivity contribution >= 4 is 5.97 Å². The fraction of sp³-hybridized carbons (Fsp3) is 0.500. The third-order valence-electron chi connectivity index (χ3n) is 3.54. The van der Waals surface area contributed by atoms with Crippen LogP contribution in [0.4, 0.5) is 0 Å². The van der Waals surface area contributed by atoms with E-state index < -0.39 is 0 Å². The van der Waals surface area contributed by atoms with Gasteiger partial charge in [-0.1, -0.05) is 19.1 Å². The minimum Gasteiger partial charge on any atom is -0.508 e. The van der Waals surface area contributed by atoms with Gasteiger partial charge in [0.2, 0.25) is 0 Å². The summed E-state index contributed by atoms with van der Waals surface area (Å²) in [6.07, 6.45) is 1.96. The first kappa shape index (κ1) is 12.0. The Labute approximate surface area is 101 Å². The SMILES string of the molecule is COC(=O)C1CC1CC(C)c1ccc(O)cc1. The van der Waals surface area contributed by atoms with Gasteiger partial charge in [0.15, 0.2) is 0 Å². The van der Waals surface area contributed by atoms with Crippen molar-refractivity contribution < 1.29 is 14.6 Å². The number of carbonyl (C=O) groups excluding carboxylic acids is 1. The van der Waals surface area contributed by atoms with Crippen LogP contribution in [0.15, 0.2) is 24.3 Å². The molecule has 1 aliphatic rings. The Morgan fingerprint density at radius 3 is 2.71 bits per heavy atom. The first-order valence-corrected chi connectivity index (χ1v) is 5.98. The predicted octanol–water partition coefficient (Wildman–Crippen LogP) is 2.69. The summed E-state index contributed by atoms with van der Waals surface area (Å²) in [5.74, 6) is 1.20. The largest absolute Gasteiger partial charge is 0.508 e. The number of phenolic OH excluding ortho intramolecular Hbond substituents is 1. The number of ether oxygens (including phenoxy) is 1. The second-order valence-electron chi connectivity index (χ2n) is 4.85. The molecule has 3 nitrogen and oxygen atoms in total. The fourth-order valence-electron chi connectivity index (χ4n) is 2.34. The van der Waals surface area contributed by atoms with Crippen molar-refractivity contribution in [3.8, 4) is 5.75 Å². The van der Waals surface area contributed by atoms with Crippen molar-refractivity contribution in [3.63, 3.8) is 0 Å². The molecule has 1 aromatic carbocycles. The lowest BCUT2D eigenvalue weighted by atomic mass is 9.95. The second kappa shape index (κ2) is 4.78. The predicted molar refractivity (Wildman–Crippen MR) is 64.8 cm³/mol. The van der Waals surface area contributed by atoms with Gasteiger partial charge in [-0.25, -0.2) is 0 Å².